The van der Waals surface area contributed by atoms with E-state index in [1.807, 2.05) is 0 Å². The standard InChI is InChI=1S/C25H20ClF3N2O3/c1-2-33-25(32)23-12-30-11-22(31-23)17-5-3-4-16(17)18-8-14(26)6-7-24(18)34-13-19-20(28)9-15(27)10-21(19)29/h6-12H,2-5,13H2,1H3. The van der Waals surface area contributed by atoms with Crippen molar-refractivity contribution in [1.29, 1.82) is 0 Å². The van der Waals surface area contributed by atoms with Crippen LogP contribution in [0, 0.1) is 17.5 Å². The van der Waals surface area contributed by atoms with Crippen molar-refractivity contribution in [2.75, 3.05) is 6.61 Å². The van der Waals surface area contributed by atoms with Crippen molar-refractivity contribution in [3.8, 4) is 5.75 Å². The van der Waals surface area contributed by atoms with Gasteiger partial charge in [-0.3, -0.25) is 4.98 Å². The number of esters is 1. The SMILES string of the molecule is CCOC(=O)c1cncc(C2=C(c3cc(Cl)ccc3OCc3c(F)cc(F)cc3F)CCC2)n1. The van der Waals surface area contributed by atoms with Crippen molar-refractivity contribution in [2.45, 2.75) is 32.8 Å². The van der Waals surface area contributed by atoms with E-state index in [9.17, 15) is 18.0 Å². The van der Waals surface area contributed by atoms with Crippen LogP contribution in [0.15, 0.2) is 42.7 Å². The van der Waals surface area contributed by atoms with Gasteiger partial charge in [0.05, 0.1) is 30.3 Å². The molecule has 0 atom stereocenters. The number of ether oxygens (including phenoxy) is 2. The number of hydrogen-bond donors (Lipinski definition) is 0. The Labute approximate surface area is 199 Å². The van der Waals surface area contributed by atoms with Crippen LogP contribution in [-0.2, 0) is 11.3 Å². The maximum absolute atomic E-state index is 14.1. The topological polar surface area (TPSA) is 61.3 Å². The zero-order valence-electron chi connectivity index (χ0n) is 18.2. The molecule has 0 radical (unpaired) electrons. The summed E-state index contributed by atoms with van der Waals surface area (Å²) < 4.78 is 52.2. The number of allylic oxidation sites excluding steroid dienone is 2. The molecule has 1 heterocycles. The minimum absolute atomic E-state index is 0.0999. The second kappa shape index (κ2) is 10.3. The highest BCUT2D eigenvalue weighted by Crippen LogP contribution is 2.43. The first-order valence-corrected chi connectivity index (χ1v) is 11.0. The van der Waals surface area contributed by atoms with Gasteiger partial charge in [-0.1, -0.05) is 11.6 Å². The molecule has 34 heavy (non-hydrogen) atoms. The van der Waals surface area contributed by atoms with Crippen LogP contribution in [0.2, 0.25) is 5.02 Å². The summed E-state index contributed by atoms with van der Waals surface area (Å²) in [5.74, 6) is -3.26. The van der Waals surface area contributed by atoms with E-state index in [0.717, 1.165) is 17.6 Å². The summed E-state index contributed by atoms with van der Waals surface area (Å²) in [7, 11) is 0. The van der Waals surface area contributed by atoms with Crippen molar-refractivity contribution < 1.29 is 27.4 Å². The molecule has 1 aromatic heterocycles. The number of carbonyl (C=O) groups excluding carboxylic acids is 1. The molecule has 0 spiro atoms. The number of benzene rings is 2. The molecular weight excluding hydrogens is 469 g/mol. The number of hydrogen-bond acceptors (Lipinski definition) is 5. The van der Waals surface area contributed by atoms with E-state index in [4.69, 9.17) is 21.1 Å². The smallest absolute Gasteiger partial charge is 0.358 e. The Bertz CT molecular complexity index is 1260. The van der Waals surface area contributed by atoms with Crippen LogP contribution in [0.3, 0.4) is 0 Å². The number of rotatable bonds is 7. The predicted molar refractivity (Wildman–Crippen MR) is 121 cm³/mol. The summed E-state index contributed by atoms with van der Waals surface area (Å²) in [6.07, 6.45) is 5.09. The number of halogens is 4. The van der Waals surface area contributed by atoms with Crippen LogP contribution in [0.4, 0.5) is 13.2 Å². The Morgan fingerprint density at radius 2 is 1.79 bits per heavy atom. The van der Waals surface area contributed by atoms with Gasteiger partial charge in [0.2, 0.25) is 0 Å². The Morgan fingerprint density at radius 3 is 2.53 bits per heavy atom. The Hall–Kier alpha value is -3.39. The maximum atomic E-state index is 14.1. The molecule has 0 unspecified atom stereocenters. The lowest BCUT2D eigenvalue weighted by atomic mass is 9.99. The lowest BCUT2D eigenvalue weighted by molar-refractivity contribution is 0.0518. The predicted octanol–water partition coefficient (Wildman–Crippen LogP) is 6.40. The summed E-state index contributed by atoms with van der Waals surface area (Å²) in [5, 5.41) is 0.451. The highest BCUT2D eigenvalue weighted by atomic mass is 35.5. The third-order valence-electron chi connectivity index (χ3n) is 5.39. The third-order valence-corrected chi connectivity index (χ3v) is 5.63. The Morgan fingerprint density at radius 1 is 1.06 bits per heavy atom. The van der Waals surface area contributed by atoms with E-state index in [1.54, 1.807) is 31.3 Å². The molecule has 4 rings (SSSR count). The zero-order valence-corrected chi connectivity index (χ0v) is 19.0. The van der Waals surface area contributed by atoms with Crippen molar-refractivity contribution in [3.63, 3.8) is 0 Å². The number of nitrogens with zero attached hydrogens (tertiary/aromatic N) is 2. The van der Waals surface area contributed by atoms with E-state index in [-0.39, 0.29) is 17.9 Å². The maximum Gasteiger partial charge on any atom is 0.358 e. The molecule has 0 aliphatic heterocycles. The van der Waals surface area contributed by atoms with Crippen molar-refractivity contribution in [1.82, 2.24) is 9.97 Å². The molecule has 1 aliphatic carbocycles. The minimum atomic E-state index is -1.03. The molecule has 0 N–H and O–H groups in total. The Kier molecular flexibility index (Phi) is 7.17. The highest BCUT2D eigenvalue weighted by Gasteiger charge is 2.23. The van der Waals surface area contributed by atoms with Crippen molar-refractivity contribution in [2.24, 2.45) is 0 Å². The average Bonchev–Trinajstić information content (AvgIpc) is 3.29. The normalized spacial score (nSPS) is 13.3. The van der Waals surface area contributed by atoms with Gasteiger partial charge < -0.3 is 9.47 Å². The quantitative estimate of drug-likeness (QED) is 0.360. The fourth-order valence-electron chi connectivity index (χ4n) is 3.86. The van der Waals surface area contributed by atoms with Gasteiger partial charge in [0.15, 0.2) is 5.69 Å². The molecule has 176 valence electrons. The summed E-state index contributed by atoms with van der Waals surface area (Å²) >= 11 is 6.25. The number of aromatic nitrogens is 2. The lowest BCUT2D eigenvalue weighted by Crippen LogP contribution is -2.09. The first kappa shape index (κ1) is 23.8. The molecular formula is C25H20ClF3N2O3. The molecule has 9 heteroatoms. The molecule has 2 aromatic carbocycles. The average molecular weight is 489 g/mol. The molecule has 0 amide bonds. The second-order valence-corrected chi connectivity index (χ2v) is 8.03. The van der Waals surface area contributed by atoms with Crippen LogP contribution >= 0.6 is 11.6 Å². The van der Waals surface area contributed by atoms with Gasteiger partial charge in [-0.2, -0.15) is 0 Å². The van der Waals surface area contributed by atoms with Crippen molar-refractivity contribution >= 4 is 28.7 Å². The van der Waals surface area contributed by atoms with Gasteiger partial charge in [0.1, 0.15) is 29.8 Å². The summed E-state index contributed by atoms with van der Waals surface area (Å²) in [6, 6.07) is 6.14. The zero-order chi connectivity index (χ0) is 24.2. The van der Waals surface area contributed by atoms with E-state index < -0.39 is 30.0 Å². The van der Waals surface area contributed by atoms with E-state index in [0.29, 0.717) is 47.0 Å². The molecule has 0 fully saturated rings. The van der Waals surface area contributed by atoms with Gasteiger partial charge in [0.25, 0.3) is 0 Å². The van der Waals surface area contributed by atoms with Crippen molar-refractivity contribution in [3.05, 3.63) is 87.7 Å². The van der Waals surface area contributed by atoms with Crippen LogP contribution < -0.4 is 4.74 Å². The largest absolute Gasteiger partial charge is 0.488 e. The second-order valence-electron chi connectivity index (χ2n) is 7.60. The summed E-state index contributed by atoms with van der Waals surface area (Å²) in [5.41, 5.74) is 2.64. The van der Waals surface area contributed by atoms with E-state index >= 15 is 0 Å². The van der Waals surface area contributed by atoms with E-state index in [1.165, 1.54) is 6.20 Å². The fourth-order valence-corrected chi connectivity index (χ4v) is 4.03. The monoisotopic (exact) mass is 488 g/mol. The van der Waals surface area contributed by atoms with Crippen LogP contribution in [0.5, 0.6) is 5.75 Å². The summed E-state index contributed by atoms with van der Waals surface area (Å²) in [6.45, 7) is 1.49. The van der Waals surface area contributed by atoms with Crippen LogP contribution in [0.25, 0.3) is 11.1 Å². The molecule has 0 saturated heterocycles. The van der Waals surface area contributed by atoms with Gasteiger partial charge in [0, 0.05) is 22.7 Å². The summed E-state index contributed by atoms with van der Waals surface area (Å²) in [4.78, 5) is 20.7. The molecule has 1 aliphatic rings. The van der Waals surface area contributed by atoms with E-state index in [2.05, 4.69) is 9.97 Å². The molecule has 3 aromatic rings. The first-order chi connectivity index (χ1) is 16.4. The molecule has 0 saturated carbocycles. The van der Waals surface area contributed by atoms with Gasteiger partial charge >= 0.3 is 5.97 Å². The van der Waals surface area contributed by atoms with Crippen LogP contribution in [0.1, 0.15) is 53.5 Å². The third kappa shape index (κ3) is 5.07. The number of carbonyl (C=O) groups is 1. The molecule has 5 nitrogen and oxygen atoms in total. The van der Waals surface area contributed by atoms with Crippen LogP contribution in [-0.4, -0.2) is 22.5 Å². The Balaban J connectivity index is 1.70. The first-order valence-electron chi connectivity index (χ1n) is 10.6. The molecule has 0 bridgehead atoms. The van der Waals surface area contributed by atoms with Gasteiger partial charge in [-0.05, 0) is 55.5 Å². The fraction of sp³-hybridized carbons (Fsp3) is 0.240. The van der Waals surface area contributed by atoms with Gasteiger partial charge in [-0.15, -0.1) is 0 Å². The lowest BCUT2D eigenvalue weighted by Gasteiger charge is -2.15. The van der Waals surface area contributed by atoms with Gasteiger partial charge in [-0.25, -0.2) is 22.9 Å². The highest BCUT2D eigenvalue weighted by molar-refractivity contribution is 6.30. The minimum Gasteiger partial charge on any atom is -0.488 e.